The minimum absolute atomic E-state index is 0.0466. The van der Waals surface area contributed by atoms with Gasteiger partial charge in [0.05, 0.1) is 11.3 Å². The van der Waals surface area contributed by atoms with Gasteiger partial charge in [-0.15, -0.1) is 0 Å². The fourth-order valence-corrected chi connectivity index (χ4v) is 3.08. The molecule has 0 radical (unpaired) electrons. The number of nitrogens with two attached hydrogens (primary N) is 3. The maximum Gasteiger partial charge on any atom is 0.343 e. The van der Waals surface area contributed by atoms with Crippen LogP contribution < -0.4 is 21.9 Å². The van der Waals surface area contributed by atoms with Crippen LogP contribution in [0.5, 0.6) is 5.75 Å². The van der Waals surface area contributed by atoms with Crippen LogP contribution in [-0.4, -0.2) is 55.2 Å². The molecule has 3 aromatic carbocycles. The van der Waals surface area contributed by atoms with E-state index in [1.807, 2.05) is 0 Å². The number of nitrogen functional groups attached to an aromatic ring is 1. The smallest absolute Gasteiger partial charge is 0.343 e. The summed E-state index contributed by atoms with van der Waals surface area (Å²) in [5, 5.41) is 8.59. The van der Waals surface area contributed by atoms with E-state index in [2.05, 4.69) is 4.99 Å². The predicted molar refractivity (Wildman–Crippen MR) is 131 cm³/mol. The van der Waals surface area contributed by atoms with E-state index in [1.165, 1.54) is 49.3 Å². The molecule has 1 amide bonds. The van der Waals surface area contributed by atoms with E-state index in [0.29, 0.717) is 22.0 Å². The Morgan fingerprint density at radius 1 is 0.914 bits per heavy atom. The second kappa shape index (κ2) is 10.3. The van der Waals surface area contributed by atoms with Crippen molar-refractivity contribution in [2.75, 3.05) is 20.7 Å². The first kappa shape index (κ1) is 24.7. The predicted octanol–water partition coefficient (Wildman–Crippen LogP) is 1.49. The van der Waals surface area contributed by atoms with Crippen LogP contribution in [0.3, 0.4) is 0 Å². The zero-order chi connectivity index (χ0) is 25.7. The van der Waals surface area contributed by atoms with Gasteiger partial charge in [0.1, 0.15) is 17.1 Å². The van der Waals surface area contributed by atoms with Gasteiger partial charge >= 0.3 is 11.9 Å². The number of carbonyl (C=O) groups excluding carboxylic acids is 3. The number of nitrogens with one attached hydrogen (secondary N) is 1. The van der Waals surface area contributed by atoms with Gasteiger partial charge in [-0.1, -0.05) is 18.2 Å². The van der Waals surface area contributed by atoms with Crippen molar-refractivity contribution in [3.8, 4) is 5.75 Å². The van der Waals surface area contributed by atoms with Crippen molar-refractivity contribution in [1.82, 2.24) is 4.90 Å². The van der Waals surface area contributed by atoms with Gasteiger partial charge in [-0.25, -0.2) is 14.6 Å². The van der Waals surface area contributed by atoms with Crippen LogP contribution in [0.25, 0.3) is 10.8 Å². The molecule has 0 aliphatic heterocycles. The Kier molecular flexibility index (Phi) is 7.30. The molecule has 0 aliphatic rings. The van der Waals surface area contributed by atoms with Crippen molar-refractivity contribution < 1.29 is 23.9 Å². The zero-order valence-electron chi connectivity index (χ0n) is 19.1. The molecule has 0 bridgehead atoms. The molecular weight excluding hydrogens is 452 g/mol. The second-order valence-corrected chi connectivity index (χ2v) is 7.63. The van der Waals surface area contributed by atoms with Crippen LogP contribution >= 0.6 is 0 Å². The Hall–Kier alpha value is -4.93. The molecule has 0 aliphatic carbocycles. The maximum atomic E-state index is 13.0. The van der Waals surface area contributed by atoms with Gasteiger partial charge in [-0.2, -0.15) is 0 Å². The molecule has 0 heterocycles. The highest BCUT2D eigenvalue weighted by Gasteiger charge is 2.22. The Balaban J connectivity index is 1.99. The summed E-state index contributed by atoms with van der Waals surface area (Å²) in [7, 11) is 3.06. The van der Waals surface area contributed by atoms with E-state index in [1.54, 1.807) is 24.3 Å². The molecule has 3 aromatic rings. The average molecular weight is 476 g/mol. The number of carbonyl (C=O) groups is 3. The summed E-state index contributed by atoms with van der Waals surface area (Å²) in [6.45, 7) is -0.493. The number of nitrogens with zero attached hydrogens (tertiary/aromatic N) is 2. The summed E-state index contributed by atoms with van der Waals surface area (Å²) in [5.74, 6) is -2.34. The minimum atomic E-state index is -0.854. The van der Waals surface area contributed by atoms with Crippen LogP contribution in [0.15, 0.2) is 59.6 Å². The minimum Gasteiger partial charge on any atom is -0.452 e. The number of benzene rings is 3. The summed E-state index contributed by atoms with van der Waals surface area (Å²) in [5.41, 5.74) is 17.3. The van der Waals surface area contributed by atoms with Crippen LogP contribution in [0, 0.1) is 5.41 Å². The van der Waals surface area contributed by atoms with Gasteiger partial charge < -0.3 is 31.6 Å². The number of rotatable bonds is 7. The van der Waals surface area contributed by atoms with E-state index in [4.69, 9.17) is 32.1 Å². The first-order valence-corrected chi connectivity index (χ1v) is 10.3. The Morgan fingerprint density at radius 3 is 2.17 bits per heavy atom. The van der Waals surface area contributed by atoms with E-state index in [9.17, 15) is 14.4 Å². The highest BCUT2D eigenvalue weighted by molar-refractivity contribution is 6.10. The van der Waals surface area contributed by atoms with Crippen LogP contribution in [0.1, 0.15) is 26.3 Å². The topological polar surface area (TPSA) is 187 Å². The number of amides is 1. The quantitative estimate of drug-likeness (QED) is 0.171. The number of guanidine groups is 1. The van der Waals surface area contributed by atoms with E-state index < -0.39 is 24.5 Å². The molecule has 11 nitrogen and oxygen atoms in total. The number of fused-ring (bicyclic) bond motifs is 1. The molecule has 11 heteroatoms. The van der Waals surface area contributed by atoms with Gasteiger partial charge in [0.15, 0.2) is 12.6 Å². The highest BCUT2D eigenvalue weighted by Crippen LogP contribution is 2.30. The van der Waals surface area contributed by atoms with Crippen LogP contribution in [0.2, 0.25) is 0 Å². The van der Waals surface area contributed by atoms with Crippen LogP contribution in [0.4, 0.5) is 5.69 Å². The van der Waals surface area contributed by atoms with Crippen molar-refractivity contribution >= 4 is 46.1 Å². The second-order valence-electron chi connectivity index (χ2n) is 7.63. The summed E-state index contributed by atoms with van der Waals surface area (Å²) >= 11 is 0. The number of hydrogen-bond acceptors (Lipinski definition) is 7. The van der Waals surface area contributed by atoms with E-state index in [-0.39, 0.29) is 28.7 Å². The van der Waals surface area contributed by atoms with Crippen molar-refractivity contribution in [2.24, 2.45) is 22.2 Å². The SMILES string of the molecule is CN(C)C(=O)COC(=O)c1c(OC(=O)c2ccc(N=C(N)N)cc2)ccc2cc(C(=N)N)ccc12. The average Bonchev–Trinajstić information content (AvgIpc) is 2.81. The summed E-state index contributed by atoms with van der Waals surface area (Å²) < 4.78 is 10.7. The number of ether oxygens (including phenoxy) is 2. The van der Waals surface area contributed by atoms with E-state index in [0.717, 1.165) is 0 Å². The van der Waals surface area contributed by atoms with Crippen molar-refractivity contribution in [2.45, 2.75) is 0 Å². The van der Waals surface area contributed by atoms with Crippen molar-refractivity contribution in [1.29, 1.82) is 5.41 Å². The molecule has 0 spiro atoms. The fourth-order valence-electron chi connectivity index (χ4n) is 3.08. The maximum absolute atomic E-state index is 13.0. The van der Waals surface area contributed by atoms with Gasteiger partial charge in [0, 0.05) is 25.0 Å². The molecule has 0 atom stereocenters. The molecule has 0 unspecified atom stereocenters. The fraction of sp³-hybridized carbons (Fsp3) is 0.125. The lowest BCUT2D eigenvalue weighted by Crippen LogP contribution is -2.27. The summed E-state index contributed by atoms with van der Waals surface area (Å²) in [6, 6.07) is 13.8. The Labute approximate surface area is 200 Å². The first-order valence-electron chi connectivity index (χ1n) is 10.3. The molecule has 0 aromatic heterocycles. The van der Waals surface area contributed by atoms with E-state index >= 15 is 0 Å². The van der Waals surface area contributed by atoms with Gasteiger partial charge in [-0.3, -0.25) is 10.2 Å². The highest BCUT2D eigenvalue weighted by atomic mass is 16.6. The molecular formula is C24H24N6O5. The number of aliphatic imine (C=N–C) groups is 1. The lowest BCUT2D eigenvalue weighted by atomic mass is 10.0. The molecule has 0 saturated heterocycles. The Bertz CT molecular complexity index is 1340. The first-order chi connectivity index (χ1) is 16.6. The monoisotopic (exact) mass is 476 g/mol. The van der Waals surface area contributed by atoms with Crippen molar-refractivity contribution in [3.05, 3.63) is 71.3 Å². The zero-order valence-corrected chi connectivity index (χ0v) is 19.1. The number of esters is 2. The molecule has 7 N–H and O–H groups in total. The standard InChI is InChI=1S/C24H24N6O5/c1-30(2)19(31)12-34-23(33)20-17-9-5-15(21(25)26)11-14(17)6-10-18(20)35-22(32)13-3-7-16(8-4-13)29-24(27)28/h3-11H,12H2,1-2H3,(H3,25,26)(H4,27,28,29). The van der Waals surface area contributed by atoms with Gasteiger partial charge in [0.25, 0.3) is 5.91 Å². The van der Waals surface area contributed by atoms with Crippen molar-refractivity contribution in [3.63, 3.8) is 0 Å². The third-order valence-electron chi connectivity index (χ3n) is 4.89. The molecule has 0 saturated carbocycles. The summed E-state index contributed by atoms with van der Waals surface area (Å²) in [6.07, 6.45) is 0. The molecule has 3 rings (SSSR count). The largest absolute Gasteiger partial charge is 0.452 e. The number of likely N-dealkylation sites (N-methyl/N-ethyl adjacent to an activating group) is 1. The molecule has 180 valence electrons. The third kappa shape index (κ3) is 5.90. The molecule has 35 heavy (non-hydrogen) atoms. The lowest BCUT2D eigenvalue weighted by molar-refractivity contribution is -0.131. The number of hydrogen-bond donors (Lipinski definition) is 4. The normalized spacial score (nSPS) is 10.3. The van der Waals surface area contributed by atoms with Gasteiger partial charge in [-0.05, 0) is 41.8 Å². The Morgan fingerprint density at radius 2 is 1.57 bits per heavy atom. The third-order valence-corrected chi connectivity index (χ3v) is 4.89. The van der Waals surface area contributed by atoms with Gasteiger partial charge in [0.2, 0.25) is 0 Å². The number of amidine groups is 1. The van der Waals surface area contributed by atoms with Crippen LogP contribution in [-0.2, 0) is 9.53 Å². The molecule has 0 fully saturated rings. The lowest BCUT2D eigenvalue weighted by Gasteiger charge is -2.15. The summed E-state index contributed by atoms with van der Waals surface area (Å²) in [4.78, 5) is 42.9.